The molecule has 27 heavy (non-hydrogen) atoms. The SMILES string of the molecule is COc1cccc(NC(=O)NCC2(c3ccccc3OC)CCOCC2)c1. The molecule has 1 aliphatic rings. The van der Waals surface area contributed by atoms with E-state index in [1.165, 1.54) is 0 Å². The number of hydrogen-bond acceptors (Lipinski definition) is 4. The Morgan fingerprint density at radius 1 is 1.07 bits per heavy atom. The third-order valence-electron chi connectivity index (χ3n) is 5.04. The monoisotopic (exact) mass is 370 g/mol. The molecule has 144 valence electrons. The first-order valence-electron chi connectivity index (χ1n) is 9.07. The second-order valence-corrected chi connectivity index (χ2v) is 6.63. The van der Waals surface area contributed by atoms with Crippen molar-refractivity contribution in [2.45, 2.75) is 18.3 Å². The summed E-state index contributed by atoms with van der Waals surface area (Å²) < 4.78 is 16.3. The Balaban J connectivity index is 1.72. The molecule has 0 radical (unpaired) electrons. The summed E-state index contributed by atoms with van der Waals surface area (Å²) in [6.07, 6.45) is 1.65. The van der Waals surface area contributed by atoms with Crippen LogP contribution in [0.1, 0.15) is 18.4 Å². The van der Waals surface area contributed by atoms with E-state index in [2.05, 4.69) is 16.7 Å². The summed E-state index contributed by atoms with van der Waals surface area (Å²) >= 11 is 0. The van der Waals surface area contributed by atoms with Gasteiger partial charge in [-0.3, -0.25) is 0 Å². The van der Waals surface area contributed by atoms with Gasteiger partial charge >= 0.3 is 6.03 Å². The molecule has 0 aliphatic carbocycles. The maximum Gasteiger partial charge on any atom is 0.319 e. The Morgan fingerprint density at radius 2 is 1.85 bits per heavy atom. The molecule has 1 aliphatic heterocycles. The number of hydrogen-bond donors (Lipinski definition) is 2. The molecule has 6 nitrogen and oxygen atoms in total. The van der Waals surface area contributed by atoms with E-state index in [1.807, 2.05) is 36.4 Å². The number of carbonyl (C=O) groups is 1. The van der Waals surface area contributed by atoms with Gasteiger partial charge in [0, 0.05) is 42.5 Å². The minimum absolute atomic E-state index is 0.212. The Morgan fingerprint density at radius 3 is 2.59 bits per heavy atom. The summed E-state index contributed by atoms with van der Waals surface area (Å²) in [7, 11) is 3.27. The largest absolute Gasteiger partial charge is 0.497 e. The molecule has 0 aromatic heterocycles. The van der Waals surface area contributed by atoms with E-state index in [0.717, 1.165) is 24.2 Å². The fourth-order valence-corrected chi connectivity index (χ4v) is 3.51. The molecule has 3 rings (SSSR count). The fourth-order valence-electron chi connectivity index (χ4n) is 3.51. The first kappa shape index (κ1) is 19.0. The standard InChI is InChI=1S/C21H26N2O4/c1-25-17-7-5-6-16(14-17)23-20(24)22-15-21(10-12-27-13-11-21)18-8-3-4-9-19(18)26-2/h3-9,14H,10-13,15H2,1-2H3,(H2,22,23,24). The van der Waals surface area contributed by atoms with Crippen LogP contribution in [0.2, 0.25) is 0 Å². The summed E-state index contributed by atoms with van der Waals surface area (Å²) in [5.41, 5.74) is 1.58. The fraction of sp³-hybridized carbons (Fsp3) is 0.381. The maximum atomic E-state index is 12.5. The van der Waals surface area contributed by atoms with Crippen LogP contribution in [-0.2, 0) is 10.2 Å². The average Bonchev–Trinajstić information content (AvgIpc) is 2.73. The number of amides is 2. The molecular weight excluding hydrogens is 344 g/mol. The van der Waals surface area contributed by atoms with Crippen LogP contribution in [0.4, 0.5) is 10.5 Å². The van der Waals surface area contributed by atoms with E-state index in [4.69, 9.17) is 14.2 Å². The highest BCUT2D eigenvalue weighted by molar-refractivity contribution is 5.89. The average molecular weight is 370 g/mol. The molecule has 2 N–H and O–H groups in total. The Bertz CT molecular complexity index is 772. The van der Waals surface area contributed by atoms with Crippen molar-refractivity contribution in [3.05, 3.63) is 54.1 Å². The van der Waals surface area contributed by atoms with Crippen LogP contribution in [0, 0.1) is 0 Å². The summed E-state index contributed by atoms with van der Waals surface area (Å²) in [6.45, 7) is 1.83. The normalized spacial score (nSPS) is 15.6. The molecular formula is C21H26N2O4. The predicted octanol–water partition coefficient (Wildman–Crippen LogP) is 3.57. The van der Waals surface area contributed by atoms with E-state index in [1.54, 1.807) is 20.3 Å². The molecule has 0 bridgehead atoms. The van der Waals surface area contributed by atoms with Crippen molar-refractivity contribution in [2.75, 3.05) is 39.3 Å². The molecule has 1 saturated heterocycles. The van der Waals surface area contributed by atoms with Gasteiger partial charge in [-0.2, -0.15) is 0 Å². The third kappa shape index (κ3) is 4.52. The Labute approximate surface area is 159 Å². The molecule has 2 aromatic carbocycles. The van der Waals surface area contributed by atoms with Crippen LogP contribution in [0.15, 0.2) is 48.5 Å². The van der Waals surface area contributed by atoms with Crippen molar-refractivity contribution >= 4 is 11.7 Å². The van der Waals surface area contributed by atoms with E-state index >= 15 is 0 Å². The molecule has 2 amide bonds. The minimum Gasteiger partial charge on any atom is -0.497 e. The van der Waals surface area contributed by atoms with Crippen molar-refractivity contribution in [3.63, 3.8) is 0 Å². The van der Waals surface area contributed by atoms with Crippen LogP contribution in [0.5, 0.6) is 11.5 Å². The summed E-state index contributed by atoms with van der Waals surface area (Å²) in [5, 5.41) is 5.89. The summed E-state index contributed by atoms with van der Waals surface area (Å²) in [5.74, 6) is 1.54. The van der Waals surface area contributed by atoms with Gasteiger partial charge in [0.05, 0.1) is 14.2 Å². The number of carbonyl (C=O) groups excluding carboxylic acids is 1. The second kappa shape index (κ2) is 8.77. The Kier molecular flexibility index (Phi) is 6.19. The van der Waals surface area contributed by atoms with Crippen LogP contribution < -0.4 is 20.1 Å². The van der Waals surface area contributed by atoms with Crippen molar-refractivity contribution in [3.8, 4) is 11.5 Å². The van der Waals surface area contributed by atoms with Gasteiger partial charge in [-0.15, -0.1) is 0 Å². The van der Waals surface area contributed by atoms with E-state index < -0.39 is 0 Å². The number of benzene rings is 2. The Hall–Kier alpha value is -2.73. The lowest BCUT2D eigenvalue weighted by atomic mass is 9.73. The topological polar surface area (TPSA) is 68.8 Å². The molecule has 0 atom stereocenters. The van der Waals surface area contributed by atoms with E-state index in [9.17, 15) is 4.79 Å². The van der Waals surface area contributed by atoms with Crippen LogP contribution in [0.25, 0.3) is 0 Å². The van der Waals surface area contributed by atoms with Crippen molar-refractivity contribution < 1.29 is 19.0 Å². The van der Waals surface area contributed by atoms with Crippen LogP contribution in [0.3, 0.4) is 0 Å². The minimum atomic E-state index is -0.246. The van der Waals surface area contributed by atoms with Crippen LogP contribution in [-0.4, -0.2) is 40.0 Å². The van der Waals surface area contributed by atoms with Gasteiger partial charge < -0.3 is 24.8 Å². The second-order valence-electron chi connectivity index (χ2n) is 6.63. The highest BCUT2D eigenvalue weighted by Crippen LogP contribution is 2.39. The summed E-state index contributed by atoms with van der Waals surface area (Å²) in [4.78, 5) is 12.5. The number of para-hydroxylation sites is 1. The number of ether oxygens (including phenoxy) is 3. The lowest BCUT2D eigenvalue weighted by Crippen LogP contribution is -2.45. The zero-order valence-corrected chi connectivity index (χ0v) is 15.8. The van der Waals surface area contributed by atoms with Crippen molar-refractivity contribution in [1.82, 2.24) is 5.32 Å². The number of rotatable bonds is 6. The van der Waals surface area contributed by atoms with E-state index in [-0.39, 0.29) is 11.4 Å². The van der Waals surface area contributed by atoms with Gasteiger partial charge in [0.15, 0.2) is 0 Å². The third-order valence-corrected chi connectivity index (χ3v) is 5.04. The van der Waals surface area contributed by atoms with Gasteiger partial charge in [0.1, 0.15) is 11.5 Å². The number of urea groups is 1. The lowest BCUT2D eigenvalue weighted by molar-refractivity contribution is 0.0500. The molecule has 1 heterocycles. The number of anilines is 1. The molecule has 0 spiro atoms. The zero-order chi connectivity index (χ0) is 19.1. The summed E-state index contributed by atoms with van der Waals surface area (Å²) in [6, 6.07) is 15.0. The van der Waals surface area contributed by atoms with Crippen LogP contribution >= 0.6 is 0 Å². The molecule has 2 aromatic rings. The van der Waals surface area contributed by atoms with Gasteiger partial charge in [-0.05, 0) is 31.0 Å². The highest BCUT2D eigenvalue weighted by atomic mass is 16.5. The highest BCUT2D eigenvalue weighted by Gasteiger charge is 2.37. The first-order chi connectivity index (χ1) is 13.2. The molecule has 0 saturated carbocycles. The van der Waals surface area contributed by atoms with Crippen molar-refractivity contribution in [2.24, 2.45) is 0 Å². The molecule has 1 fully saturated rings. The molecule has 0 unspecified atom stereocenters. The number of nitrogens with one attached hydrogen (secondary N) is 2. The first-order valence-corrected chi connectivity index (χ1v) is 9.07. The predicted molar refractivity (Wildman–Crippen MR) is 105 cm³/mol. The van der Waals surface area contributed by atoms with Gasteiger partial charge in [-0.1, -0.05) is 24.3 Å². The van der Waals surface area contributed by atoms with Gasteiger partial charge in [0.2, 0.25) is 0 Å². The maximum absolute atomic E-state index is 12.5. The zero-order valence-electron chi connectivity index (χ0n) is 15.8. The quantitative estimate of drug-likeness (QED) is 0.816. The van der Waals surface area contributed by atoms with Crippen molar-refractivity contribution in [1.29, 1.82) is 0 Å². The lowest BCUT2D eigenvalue weighted by Gasteiger charge is -2.38. The van der Waals surface area contributed by atoms with E-state index in [0.29, 0.717) is 31.2 Å². The number of methoxy groups -OCH3 is 2. The van der Waals surface area contributed by atoms with Gasteiger partial charge in [-0.25, -0.2) is 4.79 Å². The van der Waals surface area contributed by atoms with Gasteiger partial charge in [0.25, 0.3) is 0 Å². The molecule has 6 heteroatoms. The smallest absolute Gasteiger partial charge is 0.319 e.